The second kappa shape index (κ2) is 12.7. The molecule has 1 aromatic rings. The molecule has 0 unspecified atom stereocenters. The van der Waals surface area contributed by atoms with Crippen LogP contribution >= 0.6 is 0 Å². The van der Waals surface area contributed by atoms with Crippen molar-refractivity contribution >= 4 is 11.7 Å². The lowest BCUT2D eigenvalue weighted by Gasteiger charge is -2.14. The number of unbranched alkanes of at least 4 members (excludes halogenated alkanes) is 1. The van der Waals surface area contributed by atoms with Gasteiger partial charge in [-0.05, 0) is 31.4 Å². The van der Waals surface area contributed by atoms with Crippen molar-refractivity contribution in [3.05, 3.63) is 71.3 Å². The van der Waals surface area contributed by atoms with E-state index in [0.29, 0.717) is 18.2 Å². The smallest absolute Gasteiger partial charge is 0.223 e. The van der Waals surface area contributed by atoms with Crippen molar-refractivity contribution in [1.82, 2.24) is 10.3 Å². The van der Waals surface area contributed by atoms with Crippen LogP contribution in [-0.2, 0) is 17.9 Å². The molecule has 0 spiro atoms. The topological polar surface area (TPSA) is 70.7 Å². The summed E-state index contributed by atoms with van der Waals surface area (Å²) in [5.74, 6) is 6.20. The molecule has 3 N–H and O–H groups in total. The molecule has 0 saturated carbocycles. The van der Waals surface area contributed by atoms with Crippen molar-refractivity contribution in [2.45, 2.75) is 53.1 Å². The van der Waals surface area contributed by atoms with Gasteiger partial charge in [-0.15, -0.1) is 0 Å². The van der Waals surface area contributed by atoms with Gasteiger partial charge in [0, 0.05) is 32.1 Å². The molecule has 1 aliphatic rings. The predicted octanol–water partition coefficient (Wildman–Crippen LogP) is 4.19. The molecule has 5 nitrogen and oxygen atoms in total. The van der Waals surface area contributed by atoms with E-state index in [0.717, 1.165) is 31.5 Å². The number of nitrogens with one attached hydrogen (secondary N) is 1. The molecule has 1 amide bonds. The van der Waals surface area contributed by atoms with Crippen LogP contribution in [0.15, 0.2) is 59.6 Å². The van der Waals surface area contributed by atoms with Crippen LogP contribution in [0.3, 0.4) is 0 Å². The normalized spacial score (nSPS) is 13.8. The third-order valence-electron chi connectivity index (χ3n) is 4.46. The van der Waals surface area contributed by atoms with Gasteiger partial charge >= 0.3 is 0 Å². The second-order valence-corrected chi connectivity index (χ2v) is 6.70. The zero-order chi connectivity index (χ0) is 20.9. The summed E-state index contributed by atoms with van der Waals surface area (Å²) in [4.78, 5) is 17.8. The SMILES string of the molecule is C=C/C=C(\C=C/C)C(=NC)NN.CCCCC(=O)N1Cc2ccc(C)cc2C1. The van der Waals surface area contributed by atoms with Gasteiger partial charge in [0.2, 0.25) is 5.91 Å². The van der Waals surface area contributed by atoms with Crippen LogP contribution in [0, 0.1) is 6.92 Å². The number of hydrogen-bond donors (Lipinski definition) is 2. The quantitative estimate of drug-likeness (QED) is 0.255. The molecule has 1 aliphatic heterocycles. The number of amides is 1. The molecule has 0 aliphatic carbocycles. The van der Waals surface area contributed by atoms with Gasteiger partial charge < -0.3 is 10.3 Å². The molecule has 0 fully saturated rings. The summed E-state index contributed by atoms with van der Waals surface area (Å²) in [5.41, 5.74) is 7.34. The van der Waals surface area contributed by atoms with Crippen molar-refractivity contribution in [3.63, 3.8) is 0 Å². The van der Waals surface area contributed by atoms with Crippen molar-refractivity contribution < 1.29 is 4.79 Å². The predicted molar refractivity (Wildman–Crippen MR) is 119 cm³/mol. The minimum absolute atomic E-state index is 0.302. The third kappa shape index (κ3) is 7.16. The first-order chi connectivity index (χ1) is 13.5. The maximum Gasteiger partial charge on any atom is 0.223 e. The number of benzene rings is 1. The fourth-order valence-corrected chi connectivity index (χ4v) is 2.98. The van der Waals surface area contributed by atoms with Gasteiger partial charge in [0.1, 0.15) is 5.84 Å². The molecule has 152 valence electrons. The van der Waals surface area contributed by atoms with E-state index in [1.165, 1.54) is 16.7 Å². The number of amidine groups is 1. The lowest BCUT2D eigenvalue weighted by atomic mass is 10.1. The maximum atomic E-state index is 11.9. The van der Waals surface area contributed by atoms with E-state index in [1.807, 2.05) is 30.1 Å². The van der Waals surface area contributed by atoms with E-state index in [9.17, 15) is 4.79 Å². The molecule has 5 heteroatoms. The van der Waals surface area contributed by atoms with E-state index in [4.69, 9.17) is 5.84 Å². The number of fused-ring (bicyclic) bond motifs is 1. The molecule has 1 heterocycles. The molecule has 0 atom stereocenters. The van der Waals surface area contributed by atoms with E-state index >= 15 is 0 Å². The Morgan fingerprint density at radius 3 is 2.64 bits per heavy atom. The minimum Gasteiger partial charge on any atom is -0.334 e. The molecule has 28 heavy (non-hydrogen) atoms. The van der Waals surface area contributed by atoms with Crippen LogP contribution < -0.4 is 11.3 Å². The Morgan fingerprint density at radius 1 is 1.36 bits per heavy atom. The lowest BCUT2D eigenvalue weighted by molar-refractivity contribution is -0.131. The molecule has 0 radical (unpaired) electrons. The van der Waals surface area contributed by atoms with Gasteiger partial charge in [0.05, 0.1) is 0 Å². The maximum absolute atomic E-state index is 11.9. The summed E-state index contributed by atoms with van der Waals surface area (Å²) in [5, 5.41) is 0. The molecule has 2 rings (SSSR count). The van der Waals surface area contributed by atoms with Crippen molar-refractivity contribution in [1.29, 1.82) is 0 Å². The van der Waals surface area contributed by atoms with Gasteiger partial charge in [0.25, 0.3) is 0 Å². The van der Waals surface area contributed by atoms with Crippen LogP contribution in [0.2, 0.25) is 0 Å². The first-order valence-electron chi connectivity index (χ1n) is 9.76. The Bertz CT molecular complexity index is 747. The van der Waals surface area contributed by atoms with E-state index < -0.39 is 0 Å². The van der Waals surface area contributed by atoms with Gasteiger partial charge in [0.15, 0.2) is 0 Å². The zero-order valence-corrected chi connectivity index (χ0v) is 17.7. The zero-order valence-electron chi connectivity index (χ0n) is 17.7. The number of hydrogen-bond acceptors (Lipinski definition) is 3. The Kier molecular flexibility index (Phi) is 10.6. The first-order valence-corrected chi connectivity index (χ1v) is 9.76. The van der Waals surface area contributed by atoms with Crippen LogP contribution in [0.4, 0.5) is 0 Å². The number of nitrogens with zero attached hydrogens (tertiary/aromatic N) is 2. The average Bonchev–Trinajstić information content (AvgIpc) is 3.11. The largest absolute Gasteiger partial charge is 0.334 e. The van der Waals surface area contributed by atoms with E-state index in [-0.39, 0.29) is 0 Å². The molecular formula is C23H34N4O. The molecule has 0 saturated heterocycles. The summed E-state index contributed by atoms with van der Waals surface area (Å²) in [6.45, 7) is 11.4. The van der Waals surface area contributed by atoms with Gasteiger partial charge in [-0.1, -0.05) is 68.0 Å². The summed E-state index contributed by atoms with van der Waals surface area (Å²) in [6.07, 6.45) is 10.1. The Labute approximate surface area is 169 Å². The number of rotatable bonds is 6. The number of nitrogens with two attached hydrogens (primary N) is 1. The summed E-state index contributed by atoms with van der Waals surface area (Å²) < 4.78 is 0. The summed E-state index contributed by atoms with van der Waals surface area (Å²) >= 11 is 0. The Hall–Kier alpha value is -2.66. The monoisotopic (exact) mass is 382 g/mol. The standard InChI is InChI=1S/C14H19NO.C9H15N3/c1-3-4-5-14(16)15-9-12-7-6-11(2)8-13(12)10-15;1-4-6-8(7-5-2)9(11-3)12-10/h6-8H,3-5,9-10H2,1-2H3;4-7H,1,10H2,2-3H3,(H,11,12)/b;7-5-,8-6+. The van der Waals surface area contributed by atoms with Gasteiger partial charge in [-0.25, -0.2) is 5.84 Å². The average molecular weight is 383 g/mol. The number of aryl methyl sites for hydroxylation is 1. The summed E-state index contributed by atoms with van der Waals surface area (Å²) in [7, 11) is 1.68. The van der Waals surface area contributed by atoms with Crippen LogP contribution in [0.1, 0.15) is 49.8 Å². The molecule has 1 aromatic carbocycles. The summed E-state index contributed by atoms with van der Waals surface area (Å²) in [6, 6.07) is 6.47. The van der Waals surface area contributed by atoms with Crippen molar-refractivity contribution in [2.75, 3.05) is 7.05 Å². The number of allylic oxidation sites excluding steroid dienone is 3. The number of carbonyl (C=O) groups excluding carboxylic acids is 1. The van der Waals surface area contributed by atoms with Crippen LogP contribution in [0.5, 0.6) is 0 Å². The number of hydrazine groups is 1. The highest BCUT2D eigenvalue weighted by Crippen LogP contribution is 2.24. The van der Waals surface area contributed by atoms with Crippen molar-refractivity contribution in [2.24, 2.45) is 10.8 Å². The number of carbonyl (C=O) groups is 1. The highest BCUT2D eigenvalue weighted by molar-refractivity contribution is 6.00. The Balaban J connectivity index is 0.000000295. The first kappa shape index (κ1) is 23.4. The minimum atomic E-state index is 0.302. The van der Waals surface area contributed by atoms with Gasteiger partial charge in [-0.3, -0.25) is 9.79 Å². The van der Waals surface area contributed by atoms with Gasteiger partial charge in [-0.2, -0.15) is 0 Å². The lowest BCUT2D eigenvalue weighted by Crippen LogP contribution is -2.31. The third-order valence-corrected chi connectivity index (χ3v) is 4.46. The van der Waals surface area contributed by atoms with Crippen molar-refractivity contribution in [3.8, 4) is 0 Å². The van der Waals surface area contributed by atoms with Crippen LogP contribution in [0.25, 0.3) is 0 Å². The Morgan fingerprint density at radius 2 is 2.07 bits per heavy atom. The fourth-order valence-electron chi connectivity index (χ4n) is 2.98. The molecule has 0 aromatic heterocycles. The molecular weight excluding hydrogens is 348 g/mol. The molecule has 0 bridgehead atoms. The highest BCUT2D eigenvalue weighted by atomic mass is 16.2. The number of aliphatic imine (C=N–C) groups is 1. The highest BCUT2D eigenvalue weighted by Gasteiger charge is 2.22. The fraction of sp³-hybridized carbons (Fsp3) is 0.391. The van der Waals surface area contributed by atoms with E-state index in [2.05, 4.69) is 49.0 Å². The van der Waals surface area contributed by atoms with Crippen LogP contribution in [-0.4, -0.2) is 23.7 Å². The van der Waals surface area contributed by atoms with E-state index in [1.54, 1.807) is 13.1 Å². The second-order valence-electron chi connectivity index (χ2n) is 6.70.